The van der Waals surface area contributed by atoms with Gasteiger partial charge in [0.25, 0.3) is 0 Å². The average molecular weight is 295 g/mol. The van der Waals surface area contributed by atoms with Crippen molar-refractivity contribution < 1.29 is 14.6 Å². The predicted molar refractivity (Wildman–Crippen MR) is 86.0 cm³/mol. The van der Waals surface area contributed by atoms with Crippen LogP contribution < -0.4 is 14.8 Å². The summed E-state index contributed by atoms with van der Waals surface area (Å²) in [6.45, 7) is 8.86. The van der Waals surface area contributed by atoms with Gasteiger partial charge in [-0.15, -0.1) is 0 Å². The maximum atomic E-state index is 9.26. The quantitative estimate of drug-likeness (QED) is 0.811. The van der Waals surface area contributed by atoms with Crippen LogP contribution in [-0.4, -0.2) is 32.0 Å². The van der Waals surface area contributed by atoms with Crippen LogP contribution in [0.3, 0.4) is 0 Å². The Morgan fingerprint density at radius 2 is 1.76 bits per heavy atom. The largest absolute Gasteiger partial charge is 0.493 e. The minimum atomic E-state index is 0.0908. The van der Waals surface area contributed by atoms with E-state index in [0.717, 1.165) is 23.5 Å². The molecule has 0 fully saturated rings. The first-order chi connectivity index (χ1) is 9.83. The van der Waals surface area contributed by atoms with Crippen LogP contribution in [0.4, 0.5) is 0 Å². The van der Waals surface area contributed by atoms with Gasteiger partial charge in [0.1, 0.15) is 0 Å². The molecule has 0 spiro atoms. The first-order valence-electron chi connectivity index (χ1n) is 7.42. The highest BCUT2D eigenvalue weighted by molar-refractivity contribution is 5.43. The number of benzene rings is 1. The maximum Gasteiger partial charge on any atom is 0.161 e. The monoisotopic (exact) mass is 295 g/mol. The van der Waals surface area contributed by atoms with Crippen molar-refractivity contribution in [3.05, 3.63) is 23.8 Å². The molecule has 0 amide bonds. The summed E-state index contributed by atoms with van der Waals surface area (Å²) >= 11 is 0. The zero-order chi connectivity index (χ0) is 16.0. The third-order valence-corrected chi connectivity index (χ3v) is 3.82. The van der Waals surface area contributed by atoms with Crippen molar-refractivity contribution in [3.8, 4) is 11.5 Å². The van der Waals surface area contributed by atoms with Crippen molar-refractivity contribution in [2.75, 3.05) is 20.8 Å². The molecule has 4 nitrogen and oxygen atoms in total. The molecule has 2 unspecified atom stereocenters. The fourth-order valence-corrected chi connectivity index (χ4v) is 2.42. The number of rotatable bonds is 7. The number of methoxy groups -OCH3 is 2. The lowest BCUT2D eigenvalue weighted by molar-refractivity contribution is 0.188. The Balaban J connectivity index is 2.89. The van der Waals surface area contributed by atoms with Crippen LogP contribution in [-0.2, 0) is 0 Å². The van der Waals surface area contributed by atoms with Gasteiger partial charge < -0.3 is 19.9 Å². The summed E-state index contributed by atoms with van der Waals surface area (Å²) in [5.74, 6) is 1.47. The molecule has 120 valence electrons. The molecule has 0 aliphatic heterocycles. The molecular weight excluding hydrogens is 266 g/mol. The first-order valence-corrected chi connectivity index (χ1v) is 7.42. The lowest BCUT2D eigenvalue weighted by Gasteiger charge is -2.34. The minimum Gasteiger partial charge on any atom is -0.493 e. The van der Waals surface area contributed by atoms with Crippen LogP contribution in [0.25, 0.3) is 0 Å². The van der Waals surface area contributed by atoms with Crippen molar-refractivity contribution in [2.24, 2.45) is 5.41 Å². The van der Waals surface area contributed by atoms with Gasteiger partial charge >= 0.3 is 0 Å². The van der Waals surface area contributed by atoms with Crippen molar-refractivity contribution in [1.29, 1.82) is 0 Å². The Hall–Kier alpha value is -1.26. The molecule has 0 aliphatic carbocycles. The zero-order valence-electron chi connectivity index (χ0n) is 14.1. The van der Waals surface area contributed by atoms with Gasteiger partial charge in [0.15, 0.2) is 11.5 Å². The molecule has 0 bridgehead atoms. The van der Waals surface area contributed by atoms with E-state index in [1.165, 1.54) is 0 Å². The molecule has 1 rings (SSSR count). The first kappa shape index (κ1) is 17.8. The third kappa shape index (κ3) is 4.90. The van der Waals surface area contributed by atoms with Crippen LogP contribution in [0.5, 0.6) is 11.5 Å². The summed E-state index contributed by atoms with van der Waals surface area (Å²) in [4.78, 5) is 0. The molecule has 0 saturated carbocycles. The summed E-state index contributed by atoms with van der Waals surface area (Å²) in [6.07, 6.45) is 0.737. The van der Waals surface area contributed by atoms with Crippen LogP contribution in [0.1, 0.15) is 45.7 Å². The highest BCUT2D eigenvalue weighted by Gasteiger charge is 2.25. The van der Waals surface area contributed by atoms with Gasteiger partial charge in [0, 0.05) is 18.7 Å². The van der Waals surface area contributed by atoms with Gasteiger partial charge in [-0.3, -0.25) is 0 Å². The Morgan fingerprint density at radius 3 is 2.24 bits per heavy atom. The van der Waals surface area contributed by atoms with Crippen molar-refractivity contribution >= 4 is 0 Å². The number of hydrogen-bond donors (Lipinski definition) is 2. The third-order valence-electron chi connectivity index (χ3n) is 3.82. The maximum absolute atomic E-state index is 9.26. The standard InChI is InChI=1S/C17H29NO3/c1-12(18-16(9-10-19)17(2,3)4)13-7-8-14(20-5)15(11-13)21-6/h7-8,11-12,16,18-19H,9-10H2,1-6H3. The van der Waals surface area contributed by atoms with Gasteiger partial charge in [-0.25, -0.2) is 0 Å². The lowest BCUT2D eigenvalue weighted by atomic mass is 9.84. The number of nitrogens with one attached hydrogen (secondary N) is 1. The van der Waals surface area contributed by atoms with Crippen LogP contribution in [0.2, 0.25) is 0 Å². The zero-order valence-corrected chi connectivity index (χ0v) is 14.1. The second kappa shape index (κ2) is 7.66. The van der Waals surface area contributed by atoms with Gasteiger partial charge in [-0.05, 0) is 36.5 Å². The molecule has 1 aromatic rings. The molecule has 2 atom stereocenters. The SMILES string of the molecule is COc1ccc(C(C)NC(CCO)C(C)(C)C)cc1OC. The van der Waals surface area contributed by atoms with E-state index >= 15 is 0 Å². The fraction of sp³-hybridized carbons (Fsp3) is 0.647. The molecular formula is C17H29NO3. The Morgan fingerprint density at radius 1 is 1.14 bits per heavy atom. The molecule has 4 heteroatoms. The summed E-state index contributed by atoms with van der Waals surface area (Å²) in [5, 5.41) is 12.9. The van der Waals surface area contributed by atoms with E-state index < -0.39 is 0 Å². The molecule has 0 saturated heterocycles. The molecule has 0 radical (unpaired) electrons. The molecule has 2 N–H and O–H groups in total. The Labute approximate surface area is 128 Å². The number of aliphatic hydroxyl groups excluding tert-OH is 1. The molecule has 21 heavy (non-hydrogen) atoms. The van der Waals surface area contributed by atoms with Gasteiger partial charge in [0.2, 0.25) is 0 Å². The molecule has 1 aromatic carbocycles. The molecule has 0 aromatic heterocycles. The average Bonchev–Trinajstić information content (AvgIpc) is 2.44. The Kier molecular flexibility index (Phi) is 6.49. The summed E-state index contributed by atoms with van der Waals surface area (Å²) in [6, 6.07) is 6.36. The van der Waals surface area contributed by atoms with E-state index in [1.807, 2.05) is 18.2 Å². The van der Waals surface area contributed by atoms with Gasteiger partial charge in [-0.1, -0.05) is 26.8 Å². The van der Waals surface area contributed by atoms with Crippen LogP contribution in [0.15, 0.2) is 18.2 Å². The van der Waals surface area contributed by atoms with Crippen LogP contribution in [0, 0.1) is 5.41 Å². The highest BCUT2D eigenvalue weighted by atomic mass is 16.5. The molecule has 0 heterocycles. The van der Waals surface area contributed by atoms with E-state index in [-0.39, 0.29) is 24.1 Å². The topological polar surface area (TPSA) is 50.7 Å². The highest BCUT2D eigenvalue weighted by Crippen LogP contribution is 2.31. The van der Waals surface area contributed by atoms with E-state index in [1.54, 1.807) is 14.2 Å². The summed E-state index contributed by atoms with van der Waals surface area (Å²) in [7, 11) is 3.28. The summed E-state index contributed by atoms with van der Waals surface area (Å²) < 4.78 is 10.6. The van der Waals surface area contributed by atoms with Crippen molar-refractivity contribution in [1.82, 2.24) is 5.32 Å². The number of hydrogen-bond acceptors (Lipinski definition) is 4. The smallest absolute Gasteiger partial charge is 0.161 e. The molecule has 0 aliphatic rings. The van der Waals surface area contributed by atoms with E-state index in [4.69, 9.17) is 9.47 Å². The van der Waals surface area contributed by atoms with E-state index in [2.05, 4.69) is 33.0 Å². The van der Waals surface area contributed by atoms with Gasteiger partial charge in [-0.2, -0.15) is 0 Å². The van der Waals surface area contributed by atoms with Crippen LogP contribution >= 0.6 is 0 Å². The second-order valence-electron chi connectivity index (χ2n) is 6.43. The predicted octanol–water partition coefficient (Wildman–Crippen LogP) is 3.15. The van der Waals surface area contributed by atoms with Crippen molar-refractivity contribution in [2.45, 2.75) is 46.2 Å². The minimum absolute atomic E-state index is 0.0908. The number of ether oxygens (including phenoxy) is 2. The number of aliphatic hydroxyl groups is 1. The van der Waals surface area contributed by atoms with E-state index in [9.17, 15) is 5.11 Å². The Bertz CT molecular complexity index is 440. The van der Waals surface area contributed by atoms with Gasteiger partial charge in [0.05, 0.1) is 14.2 Å². The summed E-state index contributed by atoms with van der Waals surface area (Å²) in [5.41, 5.74) is 1.23. The van der Waals surface area contributed by atoms with E-state index in [0.29, 0.717) is 0 Å². The lowest BCUT2D eigenvalue weighted by Crippen LogP contribution is -2.42. The fourth-order valence-electron chi connectivity index (χ4n) is 2.42. The second-order valence-corrected chi connectivity index (χ2v) is 6.43. The normalized spacial score (nSPS) is 14.6. The van der Waals surface area contributed by atoms with Crippen molar-refractivity contribution in [3.63, 3.8) is 0 Å².